The lowest BCUT2D eigenvalue weighted by Gasteiger charge is -2.10. The van der Waals surface area contributed by atoms with Crippen molar-refractivity contribution in [3.63, 3.8) is 0 Å². The van der Waals surface area contributed by atoms with Crippen LogP contribution >= 0.6 is 0 Å². The van der Waals surface area contributed by atoms with Crippen molar-refractivity contribution in [2.45, 2.75) is 12.5 Å². The molecule has 0 spiro atoms. The van der Waals surface area contributed by atoms with E-state index in [-0.39, 0.29) is 6.04 Å². The molecule has 1 unspecified atom stereocenters. The van der Waals surface area contributed by atoms with Crippen molar-refractivity contribution >= 4 is 11.0 Å². The molecule has 0 N–H and O–H groups in total. The molecule has 15 heavy (non-hydrogen) atoms. The highest BCUT2D eigenvalue weighted by molar-refractivity contribution is 5.73. The maximum absolute atomic E-state index is 4.46. The minimum Gasteiger partial charge on any atom is -0.176 e. The molecule has 1 heterocycles. The van der Waals surface area contributed by atoms with Crippen molar-refractivity contribution < 1.29 is 0 Å². The number of aromatic nitrogens is 3. The zero-order valence-corrected chi connectivity index (χ0v) is 8.24. The Kier molecular flexibility index (Phi) is 1.88. The molecular formula is C12H11N3. The summed E-state index contributed by atoms with van der Waals surface area (Å²) in [5.74, 6) is 0. The highest BCUT2D eigenvalue weighted by Crippen LogP contribution is 2.18. The Morgan fingerprint density at radius 3 is 2.40 bits per heavy atom. The maximum atomic E-state index is 4.46. The molecule has 0 fully saturated rings. The number of fused-ring (bicyclic) bond motifs is 1. The van der Waals surface area contributed by atoms with E-state index in [1.807, 2.05) is 30.3 Å². The van der Waals surface area contributed by atoms with E-state index in [0.29, 0.717) is 0 Å². The predicted octanol–water partition coefficient (Wildman–Crippen LogP) is 2.49. The molecule has 1 aromatic carbocycles. The summed E-state index contributed by atoms with van der Waals surface area (Å²) in [5.41, 5.74) is 1.92. The lowest BCUT2D eigenvalue weighted by Crippen LogP contribution is -2.10. The molecule has 0 saturated heterocycles. The molecule has 0 bridgehead atoms. The van der Waals surface area contributed by atoms with Crippen LogP contribution in [0.25, 0.3) is 11.0 Å². The predicted molar refractivity (Wildman–Crippen MR) is 59.5 cm³/mol. The Labute approximate surface area is 87.7 Å². The highest BCUT2D eigenvalue weighted by atomic mass is 15.5. The molecule has 1 atom stereocenters. The molecule has 1 aliphatic rings. The Morgan fingerprint density at radius 1 is 1.07 bits per heavy atom. The van der Waals surface area contributed by atoms with Gasteiger partial charge in [-0.3, -0.25) is 0 Å². The van der Waals surface area contributed by atoms with Crippen molar-refractivity contribution in [2.75, 3.05) is 0 Å². The fourth-order valence-corrected chi connectivity index (χ4v) is 1.76. The molecule has 0 radical (unpaired) electrons. The summed E-state index contributed by atoms with van der Waals surface area (Å²) in [6.07, 6.45) is 9.33. The van der Waals surface area contributed by atoms with E-state index in [2.05, 4.69) is 28.4 Å². The SMILES string of the molecule is C1=CCC(n2nc3ccccc3n2)C=C1. The molecule has 0 saturated carbocycles. The standard InChI is InChI=1S/C12H11N3/c1-2-6-10(7-3-1)15-13-11-8-4-5-9-12(11)14-15/h1-6,8-10H,7H2. The van der Waals surface area contributed by atoms with E-state index in [1.54, 1.807) is 4.80 Å². The molecule has 3 rings (SSSR count). The average molecular weight is 197 g/mol. The third kappa shape index (κ3) is 1.46. The van der Waals surface area contributed by atoms with Crippen LogP contribution in [-0.2, 0) is 0 Å². The van der Waals surface area contributed by atoms with Gasteiger partial charge in [0.25, 0.3) is 0 Å². The Hall–Kier alpha value is -1.90. The first-order valence-electron chi connectivity index (χ1n) is 5.08. The van der Waals surface area contributed by atoms with Gasteiger partial charge in [0.1, 0.15) is 11.0 Å². The van der Waals surface area contributed by atoms with Crippen molar-refractivity contribution in [1.29, 1.82) is 0 Å². The van der Waals surface area contributed by atoms with Gasteiger partial charge in [0, 0.05) is 0 Å². The summed E-state index contributed by atoms with van der Waals surface area (Å²) in [6.45, 7) is 0. The second-order valence-corrected chi connectivity index (χ2v) is 3.63. The molecule has 3 heteroatoms. The summed E-state index contributed by atoms with van der Waals surface area (Å²) >= 11 is 0. The van der Waals surface area contributed by atoms with Gasteiger partial charge in [-0.25, -0.2) is 0 Å². The minimum absolute atomic E-state index is 0.266. The number of benzene rings is 1. The Bertz CT molecular complexity index is 504. The Morgan fingerprint density at radius 2 is 1.80 bits per heavy atom. The van der Waals surface area contributed by atoms with Crippen LogP contribution in [0.4, 0.5) is 0 Å². The maximum Gasteiger partial charge on any atom is 0.113 e. The molecule has 1 aliphatic carbocycles. The van der Waals surface area contributed by atoms with Crippen LogP contribution in [0.5, 0.6) is 0 Å². The van der Waals surface area contributed by atoms with E-state index in [4.69, 9.17) is 0 Å². The second kappa shape index (κ2) is 3.35. The van der Waals surface area contributed by atoms with Gasteiger partial charge in [0.2, 0.25) is 0 Å². The van der Waals surface area contributed by atoms with Crippen LogP contribution in [0.2, 0.25) is 0 Å². The van der Waals surface area contributed by atoms with Crippen molar-refractivity contribution in [2.24, 2.45) is 0 Å². The van der Waals surface area contributed by atoms with Gasteiger partial charge < -0.3 is 0 Å². The highest BCUT2D eigenvalue weighted by Gasteiger charge is 2.10. The quantitative estimate of drug-likeness (QED) is 0.703. The van der Waals surface area contributed by atoms with Gasteiger partial charge in [-0.1, -0.05) is 36.4 Å². The zero-order chi connectivity index (χ0) is 10.1. The summed E-state index contributed by atoms with van der Waals surface area (Å²) in [6, 6.07) is 8.21. The van der Waals surface area contributed by atoms with Gasteiger partial charge in [0.05, 0.1) is 6.04 Å². The lowest BCUT2D eigenvalue weighted by molar-refractivity contribution is 0.481. The summed E-state index contributed by atoms with van der Waals surface area (Å²) in [5, 5.41) is 8.91. The summed E-state index contributed by atoms with van der Waals surface area (Å²) in [7, 11) is 0. The molecule has 2 aromatic rings. The fourth-order valence-electron chi connectivity index (χ4n) is 1.76. The smallest absolute Gasteiger partial charge is 0.113 e. The number of hydrogen-bond acceptors (Lipinski definition) is 2. The third-order valence-corrected chi connectivity index (χ3v) is 2.56. The topological polar surface area (TPSA) is 30.7 Å². The molecule has 3 nitrogen and oxygen atoms in total. The first kappa shape index (κ1) is 8.41. The van der Waals surface area contributed by atoms with Gasteiger partial charge in [-0.15, -0.1) is 0 Å². The van der Waals surface area contributed by atoms with Crippen LogP contribution in [0.3, 0.4) is 0 Å². The van der Waals surface area contributed by atoms with Crippen molar-refractivity contribution in [3.8, 4) is 0 Å². The molecular weight excluding hydrogens is 186 g/mol. The average Bonchev–Trinajstić information content (AvgIpc) is 2.74. The third-order valence-electron chi connectivity index (χ3n) is 2.56. The number of rotatable bonds is 1. The fraction of sp³-hybridized carbons (Fsp3) is 0.167. The molecule has 0 amide bonds. The first-order chi connectivity index (χ1) is 7.43. The summed E-state index contributed by atoms with van der Waals surface area (Å²) in [4.78, 5) is 1.80. The van der Waals surface area contributed by atoms with Gasteiger partial charge in [-0.2, -0.15) is 15.0 Å². The number of nitrogens with zero attached hydrogens (tertiary/aromatic N) is 3. The van der Waals surface area contributed by atoms with Gasteiger partial charge in [-0.05, 0) is 18.6 Å². The monoisotopic (exact) mass is 197 g/mol. The number of hydrogen-bond donors (Lipinski definition) is 0. The van der Waals surface area contributed by atoms with Crippen LogP contribution in [0.1, 0.15) is 12.5 Å². The Balaban J connectivity index is 2.04. The van der Waals surface area contributed by atoms with E-state index >= 15 is 0 Å². The van der Waals surface area contributed by atoms with Crippen LogP contribution in [-0.4, -0.2) is 15.0 Å². The largest absolute Gasteiger partial charge is 0.176 e. The number of allylic oxidation sites excluding steroid dienone is 4. The van der Waals surface area contributed by atoms with Crippen molar-refractivity contribution in [1.82, 2.24) is 15.0 Å². The van der Waals surface area contributed by atoms with E-state index in [1.165, 1.54) is 0 Å². The second-order valence-electron chi connectivity index (χ2n) is 3.63. The molecule has 74 valence electrons. The van der Waals surface area contributed by atoms with Crippen LogP contribution < -0.4 is 0 Å². The van der Waals surface area contributed by atoms with Gasteiger partial charge in [0.15, 0.2) is 0 Å². The normalized spacial score (nSPS) is 19.9. The van der Waals surface area contributed by atoms with Crippen LogP contribution in [0.15, 0.2) is 48.6 Å². The summed E-state index contributed by atoms with van der Waals surface area (Å²) < 4.78 is 0. The van der Waals surface area contributed by atoms with Crippen molar-refractivity contribution in [3.05, 3.63) is 48.6 Å². The lowest BCUT2D eigenvalue weighted by atomic mass is 10.1. The van der Waals surface area contributed by atoms with Crippen LogP contribution in [0, 0.1) is 0 Å². The van der Waals surface area contributed by atoms with E-state index in [0.717, 1.165) is 17.5 Å². The zero-order valence-electron chi connectivity index (χ0n) is 8.24. The molecule has 1 aromatic heterocycles. The first-order valence-corrected chi connectivity index (χ1v) is 5.08. The van der Waals surface area contributed by atoms with Gasteiger partial charge >= 0.3 is 0 Å². The van der Waals surface area contributed by atoms with E-state index < -0.39 is 0 Å². The van der Waals surface area contributed by atoms with E-state index in [9.17, 15) is 0 Å². The molecule has 0 aliphatic heterocycles. The minimum atomic E-state index is 0.266.